The number of hydrogen-bond acceptors (Lipinski definition) is 3. The molecular formula is C14H19FN2O2. The molecule has 5 heteroatoms. The Morgan fingerprint density at radius 1 is 1.42 bits per heavy atom. The SMILES string of the molecule is NCC1CCN(C(=O)CCOc2ccc(F)cc2)C1. The number of benzene rings is 1. The maximum absolute atomic E-state index is 12.7. The second-order valence-electron chi connectivity index (χ2n) is 4.78. The predicted octanol–water partition coefficient (Wildman–Crippen LogP) is 1.40. The van der Waals surface area contributed by atoms with E-state index in [4.69, 9.17) is 10.5 Å². The second kappa shape index (κ2) is 6.52. The lowest BCUT2D eigenvalue weighted by Crippen LogP contribution is -2.30. The number of ether oxygens (including phenoxy) is 1. The molecule has 1 amide bonds. The van der Waals surface area contributed by atoms with Crippen LogP contribution in [0.1, 0.15) is 12.8 Å². The summed E-state index contributed by atoms with van der Waals surface area (Å²) in [7, 11) is 0. The Labute approximate surface area is 112 Å². The Kier molecular flexibility index (Phi) is 4.74. The molecule has 1 unspecified atom stereocenters. The van der Waals surface area contributed by atoms with Crippen LogP contribution in [0.15, 0.2) is 24.3 Å². The van der Waals surface area contributed by atoms with E-state index in [1.54, 1.807) is 12.1 Å². The van der Waals surface area contributed by atoms with Crippen LogP contribution >= 0.6 is 0 Å². The van der Waals surface area contributed by atoms with E-state index in [0.29, 0.717) is 31.2 Å². The second-order valence-corrected chi connectivity index (χ2v) is 4.78. The lowest BCUT2D eigenvalue weighted by molar-refractivity contribution is -0.130. The molecular weight excluding hydrogens is 247 g/mol. The van der Waals surface area contributed by atoms with Crippen LogP contribution in [0.3, 0.4) is 0 Å². The molecule has 1 aliphatic rings. The van der Waals surface area contributed by atoms with Crippen LogP contribution in [-0.2, 0) is 4.79 Å². The van der Waals surface area contributed by atoms with Crippen LogP contribution in [0.2, 0.25) is 0 Å². The number of nitrogens with two attached hydrogens (primary N) is 1. The minimum atomic E-state index is -0.298. The molecule has 0 aliphatic carbocycles. The van der Waals surface area contributed by atoms with E-state index < -0.39 is 0 Å². The van der Waals surface area contributed by atoms with E-state index in [1.165, 1.54) is 12.1 Å². The van der Waals surface area contributed by atoms with Crippen molar-refractivity contribution in [2.75, 3.05) is 26.2 Å². The average molecular weight is 266 g/mol. The van der Waals surface area contributed by atoms with Gasteiger partial charge in [0.15, 0.2) is 0 Å². The molecule has 104 valence electrons. The Morgan fingerprint density at radius 3 is 2.79 bits per heavy atom. The highest BCUT2D eigenvalue weighted by molar-refractivity contribution is 5.76. The van der Waals surface area contributed by atoms with Gasteiger partial charge >= 0.3 is 0 Å². The molecule has 1 heterocycles. The summed E-state index contributed by atoms with van der Waals surface area (Å²) in [4.78, 5) is 13.7. The normalized spacial score (nSPS) is 18.6. The minimum Gasteiger partial charge on any atom is -0.493 e. The number of likely N-dealkylation sites (tertiary alicyclic amines) is 1. The summed E-state index contributed by atoms with van der Waals surface area (Å²) in [5, 5.41) is 0. The molecule has 2 N–H and O–H groups in total. The number of carbonyl (C=O) groups is 1. The van der Waals surface area contributed by atoms with E-state index in [1.807, 2.05) is 4.90 Å². The highest BCUT2D eigenvalue weighted by Crippen LogP contribution is 2.16. The van der Waals surface area contributed by atoms with Crippen molar-refractivity contribution in [1.82, 2.24) is 4.90 Å². The fourth-order valence-corrected chi connectivity index (χ4v) is 2.20. The molecule has 1 aliphatic heterocycles. The van der Waals surface area contributed by atoms with Crippen LogP contribution in [0, 0.1) is 11.7 Å². The molecule has 1 aromatic rings. The highest BCUT2D eigenvalue weighted by Gasteiger charge is 2.24. The summed E-state index contributed by atoms with van der Waals surface area (Å²) in [6, 6.07) is 5.78. The van der Waals surface area contributed by atoms with E-state index >= 15 is 0 Å². The molecule has 4 nitrogen and oxygen atoms in total. The number of nitrogens with zero attached hydrogens (tertiary/aromatic N) is 1. The van der Waals surface area contributed by atoms with Crippen LogP contribution in [0.4, 0.5) is 4.39 Å². The van der Waals surface area contributed by atoms with Gasteiger partial charge in [-0.15, -0.1) is 0 Å². The van der Waals surface area contributed by atoms with Gasteiger partial charge in [-0.25, -0.2) is 4.39 Å². The van der Waals surface area contributed by atoms with Crippen molar-refractivity contribution in [3.8, 4) is 5.75 Å². The van der Waals surface area contributed by atoms with Crippen LogP contribution < -0.4 is 10.5 Å². The van der Waals surface area contributed by atoms with Crippen molar-refractivity contribution < 1.29 is 13.9 Å². The van der Waals surface area contributed by atoms with Crippen LogP contribution in [0.25, 0.3) is 0 Å². The fraction of sp³-hybridized carbons (Fsp3) is 0.500. The Hall–Kier alpha value is -1.62. The van der Waals surface area contributed by atoms with Gasteiger partial charge in [0, 0.05) is 13.1 Å². The van der Waals surface area contributed by atoms with E-state index in [0.717, 1.165) is 19.5 Å². The Balaban J connectivity index is 1.71. The van der Waals surface area contributed by atoms with Crippen molar-refractivity contribution in [1.29, 1.82) is 0 Å². The van der Waals surface area contributed by atoms with Gasteiger partial charge in [-0.2, -0.15) is 0 Å². The van der Waals surface area contributed by atoms with Gasteiger partial charge in [-0.3, -0.25) is 4.79 Å². The maximum Gasteiger partial charge on any atom is 0.226 e. The topological polar surface area (TPSA) is 55.6 Å². The third-order valence-electron chi connectivity index (χ3n) is 3.37. The molecule has 1 fully saturated rings. The Bertz CT molecular complexity index is 422. The van der Waals surface area contributed by atoms with Gasteiger partial charge in [0.1, 0.15) is 11.6 Å². The lowest BCUT2D eigenvalue weighted by Gasteiger charge is -2.16. The highest BCUT2D eigenvalue weighted by atomic mass is 19.1. The monoisotopic (exact) mass is 266 g/mol. The number of rotatable bonds is 5. The third-order valence-corrected chi connectivity index (χ3v) is 3.37. The minimum absolute atomic E-state index is 0.0954. The number of carbonyl (C=O) groups excluding carboxylic acids is 1. The molecule has 0 bridgehead atoms. The number of hydrogen-bond donors (Lipinski definition) is 1. The average Bonchev–Trinajstić information content (AvgIpc) is 2.90. The van der Waals surface area contributed by atoms with Crippen molar-refractivity contribution in [2.45, 2.75) is 12.8 Å². The summed E-state index contributed by atoms with van der Waals surface area (Å²) in [5.41, 5.74) is 5.59. The molecule has 1 aromatic carbocycles. The summed E-state index contributed by atoms with van der Waals surface area (Å²) in [5.74, 6) is 0.809. The first-order chi connectivity index (χ1) is 9.19. The van der Waals surface area contributed by atoms with E-state index in [-0.39, 0.29) is 11.7 Å². The summed E-state index contributed by atoms with van der Waals surface area (Å²) in [6.45, 7) is 2.49. The first-order valence-corrected chi connectivity index (χ1v) is 6.55. The zero-order valence-electron chi connectivity index (χ0n) is 10.8. The lowest BCUT2D eigenvalue weighted by atomic mass is 10.1. The van der Waals surface area contributed by atoms with Gasteiger partial charge < -0.3 is 15.4 Å². The molecule has 0 aromatic heterocycles. The largest absolute Gasteiger partial charge is 0.493 e. The third kappa shape index (κ3) is 3.92. The van der Waals surface area contributed by atoms with Gasteiger partial charge in [0.25, 0.3) is 0 Å². The van der Waals surface area contributed by atoms with Gasteiger partial charge in [0.05, 0.1) is 13.0 Å². The summed E-state index contributed by atoms with van der Waals surface area (Å²) >= 11 is 0. The molecule has 1 atom stereocenters. The van der Waals surface area contributed by atoms with Crippen molar-refractivity contribution in [2.24, 2.45) is 11.7 Å². The first kappa shape index (κ1) is 13.8. The molecule has 2 rings (SSSR count). The molecule has 0 saturated carbocycles. The van der Waals surface area contributed by atoms with Crippen LogP contribution in [0.5, 0.6) is 5.75 Å². The van der Waals surface area contributed by atoms with Crippen molar-refractivity contribution in [3.63, 3.8) is 0 Å². The molecule has 19 heavy (non-hydrogen) atoms. The molecule has 0 spiro atoms. The summed E-state index contributed by atoms with van der Waals surface area (Å²) in [6.07, 6.45) is 1.33. The Morgan fingerprint density at radius 2 is 2.16 bits per heavy atom. The van der Waals surface area contributed by atoms with Crippen molar-refractivity contribution >= 4 is 5.91 Å². The zero-order chi connectivity index (χ0) is 13.7. The van der Waals surface area contributed by atoms with Gasteiger partial charge in [-0.1, -0.05) is 0 Å². The smallest absolute Gasteiger partial charge is 0.226 e. The van der Waals surface area contributed by atoms with Crippen molar-refractivity contribution in [3.05, 3.63) is 30.1 Å². The van der Waals surface area contributed by atoms with Gasteiger partial charge in [0.2, 0.25) is 5.91 Å². The zero-order valence-corrected chi connectivity index (χ0v) is 10.8. The maximum atomic E-state index is 12.7. The fourth-order valence-electron chi connectivity index (χ4n) is 2.20. The van der Waals surface area contributed by atoms with E-state index in [2.05, 4.69) is 0 Å². The number of amides is 1. The van der Waals surface area contributed by atoms with E-state index in [9.17, 15) is 9.18 Å². The summed E-state index contributed by atoms with van der Waals surface area (Å²) < 4.78 is 18.1. The predicted molar refractivity (Wildman–Crippen MR) is 70.3 cm³/mol. The van der Waals surface area contributed by atoms with Gasteiger partial charge in [-0.05, 0) is 43.1 Å². The standard InChI is InChI=1S/C14H19FN2O2/c15-12-1-3-13(4-2-12)19-8-6-14(18)17-7-5-11(9-16)10-17/h1-4,11H,5-10,16H2. The molecule has 1 saturated heterocycles. The quantitative estimate of drug-likeness (QED) is 0.876. The number of halogens is 1. The molecule has 0 radical (unpaired) electrons. The van der Waals surface area contributed by atoms with Crippen LogP contribution in [-0.4, -0.2) is 37.0 Å². The first-order valence-electron chi connectivity index (χ1n) is 6.55.